The highest BCUT2D eigenvalue weighted by molar-refractivity contribution is 8.23. The fourth-order valence-corrected chi connectivity index (χ4v) is 5.11. The van der Waals surface area contributed by atoms with Crippen LogP contribution in [0.25, 0.3) is 0 Å². The number of rotatable bonds is 5. The second-order valence-corrected chi connectivity index (χ2v) is 8.64. The van der Waals surface area contributed by atoms with Crippen LogP contribution in [0.15, 0.2) is 64.4 Å². The van der Waals surface area contributed by atoms with Gasteiger partial charge < -0.3 is 0 Å². The van der Waals surface area contributed by atoms with Gasteiger partial charge in [0.05, 0.1) is 4.90 Å². The highest BCUT2D eigenvalue weighted by Gasteiger charge is 2.26. The largest absolute Gasteiger partial charge is 0.265 e. The molecule has 0 N–H and O–H groups in total. The molecule has 0 aromatic heterocycles. The highest BCUT2D eigenvalue weighted by Crippen LogP contribution is 2.26. The minimum atomic E-state index is -3.63. The van der Waals surface area contributed by atoms with Crippen molar-refractivity contribution in [2.75, 3.05) is 6.54 Å². The molecular weight excluding hydrogens is 346 g/mol. The van der Waals surface area contributed by atoms with E-state index in [1.165, 1.54) is 16.1 Å². The Morgan fingerprint density at radius 3 is 2.26 bits per heavy atom. The Morgan fingerprint density at radius 2 is 1.70 bits per heavy atom. The fraction of sp³-hybridized carbons (Fsp3) is 0.235. The zero-order valence-corrected chi connectivity index (χ0v) is 15.5. The van der Waals surface area contributed by atoms with Crippen molar-refractivity contribution in [2.24, 2.45) is 0 Å². The molecule has 2 rings (SSSR count). The Labute approximate surface area is 147 Å². The first-order valence-electron chi connectivity index (χ1n) is 7.31. The van der Waals surface area contributed by atoms with Crippen molar-refractivity contribution in [3.63, 3.8) is 0 Å². The minimum Gasteiger partial charge on any atom is -0.250 e. The summed E-state index contributed by atoms with van der Waals surface area (Å²) >= 11 is 6.70. The first kappa shape index (κ1) is 18.0. The van der Waals surface area contributed by atoms with E-state index < -0.39 is 10.0 Å². The van der Waals surface area contributed by atoms with E-state index in [1.807, 2.05) is 44.2 Å². The summed E-state index contributed by atoms with van der Waals surface area (Å²) in [6.45, 7) is 4.23. The van der Waals surface area contributed by atoms with E-state index in [0.717, 1.165) is 10.5 Å². The quantitative estimate of drug-likeness (QED) is 0.579. The van der Waals surface area contributed by atoms with Crippen LogP contribution in [0.5, 0.6) is 0 Å². The van der Waals surface area contributed by atoms with Crippen LogP contribution in [0.1, 0.15) is 18.9 Å². The molecule has 122 valence electrons. The van der Waals surface area contributed by atoms with E-state index in [0.29, 0.717) is 17.3 Å². The van der Waals surface area contributed by atoms with Gasteiger partial charge in [0.1, 0.15) is 0 Å². The van der Waals surface area contributed by atoms with E-state index >= 15 is 0 Å². The molecule has 0 spiro atoms. The maximum atomic E-state index is 12.9. The van der Waals surface area contributed by atoms with Gasteiger partial charge in [-0.1, -0.05) is 66.8 Å². The summed E-state index contributed by atoms with van der Waals surface area (Å²) < 4.78 is 27.5. The lowest BCUT2D eigenvalue weighted by molar-refractivity contribution is 0.525. The number of aryl methyl sites for hydroxylation is 1. The van der Waals surface area contributed by atoms with Crippen LogP contribution in [-0.4, -0.2) is 23.6 Å². The SMILES string of the molecule is CCCN(C(=S)Sc1ccccc1)S(=O)(=O)c1ccc(C)cc1. The number of benzene rings is 2. The number of sulfonamides is 1. The van der Waals surface area contributed by atoms with E-state index in [4.69, 9.17) is 12.2 Å². The third-order valence-corrected chi connectivity index (χ3v) is 6.61. The Bertz CT molecular complexity index is 756. The first-order valence-corrected chi connectivity index (χ1v) is 9.98. The number of hydrogen-bond donors (Lipinski definition) is 0. The second kappa shape index (κ2) is 7.95. The van der Waals surface area contributed by atoms with Crippen LogP contribution in [0, 0.1) is 6.92 Å². The van der Waals surface area contributed by atoms with E-state index in [1.54, 1.807) is 24.3 Å². The Morgan fingerprint density at radius 1 is 1.09 bits per heavy atom. The van der Waals surface area contributed by atoms with Crippen molar-refractivity contribution in [1.29, 1.82) is 0 Å². The van der Waals surface area contributed by atoms with Crippen LogP contribution in [0.4, 0.5) is 0 Å². The van der Waals surface area contributed by atoms with Crippen LogP contribution in [0.3, 0.4) is 0 Å². The van der Waals surface area contributed by atoms with Gasteiger partial charge in [0.25, 0.3) is 10.0 Å². The smallest absolute Gasteiger partial charge is 0.250 e. The summed E-state index contributed by atoms with van der Waals surface area (Å²) in [6, 6.07) is 16.4. The van der Waals surface area contributed by atoms with Crippen LogP contribution < -0.4 is 0 Å². The van der Waals surface area contributed by atoms with Gasteiger partial charge >= 0.3 is 0 Å². The van der Waals surface area contributed by atoms with Gasteiger partial charge in [-0.3, -0.25) is 4.31 Å². The molecule has 0 fully saturated rings. The van der Waals surface area contributed by atoms with Gasteiger partial charge in [-0.25, -0.2) is 8.42 Å². The summed E-state index contributed by atoms with van der Waals surface area (Å²) in [5.41, 5.74) is 1.02. The topological polar surface area (TPSA) is 37.4 Å². The minimum absolute atomic E-state index is 0.271. The van der Waals surface area contributed by atoms with Gasteiger partial charge in [0, 0.05) is 11.4 Å². The molecular formula is C17H19NO2S3. The van der Waals surface area contributed by atoms with Gasteiger partial charge in [-0.2, -0.15) is 0 Å². The molecule has 6 heteroatoms. The molecule has 0 radical (unpaired) electrons. The fourth-order valence-electron chi connectivity index (χ4n) is 1.99. The molecule has 0 saturated heterocycles. The number of thiocarbonyl (C=S) groups is 1. The standard InChI is InChI=1S/C17H19NO2S3/c1-3-13-18(17(21)22-15-7-5-4-6-8-15)23(19,20)16-11-9-14(2)10-12-16/h4-12H,3,13H2,1-2H3. The molecule has 0 unspecified atom stereocenters. The summed E-state index contributed by atoms with van der Waals surface area (Å²) in [5, 5.41) is 0. The monoisotopic (exact) mass is 365 g/mol. The molecule has 0 saturated carbocycles. The second-order valence-electron chi connectivity index (χ2n) is 5.07. The highest BCUT2D eigenvalue weighted by atomic mass is 32.2. The van der Waals surface area contributed by atoms with Crippen LogP contribution in [-0.2, 0) is 10.0 Å². The third kappa shape index (κ3) is 4.56. The molecule has 23 heavy (non-hydrogen) atoms. The lowest BCUT2D eigenvalue weighted by atomic mass is 10.2. The average Bonchev–Trinajstić information content (AvgIpc) is 2.53. The van der Waals surface area contributed by atoms with E-state index in [9.17, 15) is 8.42 Å². The summed E-state index contributed by atoms with van der Waals surface area (Å²) in [7, 11) is -3.63. The van der Waals surface area contributed by atoms with E-state index in [-0.39, 0.29) is 4.90 Å². The van der Waals surface area contributed by atoms with Crippen molar-refractivity contribution in [1.82, 2.24) is 4.31 Å². The average molecular weight is 366 g/mol. The molecule has 2 aromatic carbocycles. The van der Waals surface area contributed by atoms with Gasteiger partial charge in [-0.15, -0.1) is 0 Å². The number of hydrogen-bond acceptors (Lipinski definition) is 4. The first-order chi connectivity index (χ1) is 10.9. The molecule has 0 heterocycles. The maximum absolute atomic E-state index is 12.9. The maximum Gasteiger partial charge on any atom is 0.265 e. The molecule has 2 aromatic rings. The summed E-state index contributed by atoms with van der Waals surface area (Å²) in [5.74, 6) is 0. The molecule has 0 aliphatic rings. The van der Waals surface area contributed by atoms with Crippen LogP contribution >= 0.6 is 24.0 Å². The number of nitrogens with zero attached hydrogens (tertiary/aromatic N) is 1. The Kier molecular flexibility index (Phi) is 6.21. The lowest BCUT2D eigenvalue weighted by Crippen LogP contribution is -2.34. The van der Waals surface area contributed by atoms with Crippen molar-refractivity contribution in [3.8, 4) is 0 Å². The predicted molar refractivity (Wildman–Crippen MR) is 100 cm³/mol. The lowest BCUT2D eigenvalue weighted by Gasteiger charge is -2.24. The van der Waals surface area contributed by atoms with Crippen LogP contribution in [0.2, 0.25) is 0 Å². The molecule has 0 bridgehead atoms. The van der Waals surface area contributed by atoms with Crippen molar-refractivity contribution >= 4 is 38.3 Å². The van der Waals surface area contributed by atoms with Crippen molar-refractivity contribution < 1.29 is 8.42 Å². The molecule has 0 aliphatic heterocycles. The molecule has 0 aliphatic carbocycles. The normalized spacial score (nSPS) is 11.2. The zero-order chi connectivity index (χ0) is 16.9. The Balaban J connectivity index is 2.29. The van der Waals surface area contributed by atoms with E-state index in [2.05, 4.69) is 0 Å². The van der Waals surface area contributed by atoms with Gasteiger partial charge in [0.2, 0.25) is 0 Å². The zero-order valence-electron chi connectivity index (χ0n) is 13.1. The van der Waals surface area contributed by atoms with Gasteiger partial charge in [0.15, 0.2) is 4.32 Å². The van der Waals surface area contributed by atoms with Crippen molar-refractivity contribution in [2.45, 2.75) is 30.1 Å². The molecule has 0 atom stereocenters. The third-order valence-electron chi connectivity index (χ3n) is 3.19. The summed E-state index contributed by atoms with van der Waals surface area (Å²) in [4.78, 5) is 1.20. The molecule has 0 amide bonds. The Hall–Kier alpha value is -1.37. The van der Waals surface area contributed by atoms with Gasteiger partial charge in [-0.05, 0) is 37.6 Å². The summed E-state index contributed by atoms with van der Waals surface area (Å²) in [6.07, 6.45) is 0.695. The molecule has 3 nitrogen and oxygen atoms in total. The predicted octanol–water partition coefficient (Wildman–Crippen LogP) is 4.47. The van der Waals surface area contributed by atoms with Crippen molar-refractivity contribution in [3.05, 3.63) is 60.2 Å². The number of thioether (sulfide) groups is 1.